The van der Waals surface area contributed by atoms with Crippen LogP contribution in [0.5, 0.6) is 0 Å². The molecule has 0 rings (SSSR count). The topological polar surface area (TPSA) is 32.4 Å². The number of rotatable bonds is 39. The third-order valence-corrected chi connectivity index (χ3v) is 16.2. The van der Waals surface area contributed by atoms with Crippen molar-refractivity contribution in [2.24, 2.45) is 65.1 Å². The summed E-state index contributed by atoms with van der Waals surface area (Å²) >= 11 is 0. The van der Waals surface area contributed by atoms with Crippen molar-refractivity contribution in [1.29, 1.82) is 0 Å². The summed E-state index contributed by atoms with van der Waals surface area (Å²) in [6.45, 7) is 62.0. The van der Waals surface area contributed by atoms with E-state index in [1.165, 1.54) is 153 Å². The van der Waals surface area contributed by atoms with Crippen molar-refractivity contribution in [2.75, 3.05) is 193 Å². The molecule has 0 saturated carbocycles. The molecule has 0 aliphatic carbocycles. The molecule has 0 heterocycles. The third kappa shape index (κ3) is 134. The van der Waals surface area contributed by atoms with Crippen LogP contribution in [-0.2, 0) is 0 Å². The molecule has 0 aromatic rings. The van der Waals surface area contributed by atoms with E-state index in [1.807, 2.05) is 13.8 Å². The van der Waals surface area contributed by atoms with Crippen molar-refractivity contribution < 1.29 is 8.78 Å². The van der Waals surface area contributed by atoms with Crippen LogP contribution in [0.15, 0.2) is 0 Å². The Hall–Kier alpha value is -0.540. The van der Waals surface area contributed by atoms with E-state index < -0.39 is 5.92 Å². The summed E-state index contributed by atoms with van der Waals surface area (Å²) in [5.41, 5.74) is 0.333. The molecule has 12 heteroatoms. The van der Waals surface area contributed by atoms with Crippen LogP contribution >= 0.6 is 0 Å². The summed E-state index contributed by atoms with van der Waals surface area (Å²) in [6, 6.07) is 0.727. The molecule has 0 aromatic heterocycles. The Bertz CT molecular complexity index is 1290. The molecule has 0 spiro atoms. The van der Waals surface area contributed by atoms with E-state index in [0.717, 1.165) is 59.3 Å². The largest absolute Gasteiger partial charge is 0.309 e. The van der Waals surface area contributed by atoms with E-state index in [2.05, 4.69) is 323 Å². The molecule has 590 valence electrons. The Morgan fingerprint density at radius 2 is 0.579 bits per heavy atom. The molecule has 10 nitrogen and oxygen atoms in total. The van der Waals surface area contributed by atoms with Crippen molar-refractivity contribution in [3.8, 4) is 0 Å². The van der Waals surface area contributed by atoms with Crippen molar-refractivity contribution in [3.05, 3.63) is 0 Å². The van der Waals surface area contributed by atoms with Gasteiger partial charge in [-0.3, -0.25) is 0 Å². The molecule has 2 atom stereocenters. The van der Waals surface area contributed by atoms with E-state index in [4.69, 9.17) is 0 Å². The molecule has 0 N–H and O–H groups in total. The van der Waals surface area contributed by atoms with Gasteiger partial charge in [-0.25, -0.2) is 8.78 Å². The molecule has 0 fully saturated rings. The van der Waals surface area contributed by atoms with E-state index in [9.17, 15) is 8.78 Å². The second kappa shape index (κ2) is 76.1. The van der Waals surface area contributed by atoms with Crippen molar-refractivity contribution in [1.82, 2.24) is 49.0 Å². The Morgan fingerprint density at radius 3 is 0.768 bits per heavy atom. The van der Waals surface area contributed by atoms with Gasteiger partial charge in [0, 0.05) is 24.5 Å². The average molecular weight is 1370 g/mol. The van der Waals surface area contributed by atoms with Crippen LogP contribution in [0.2, 0.25) is 0 Å². The Morgan fingerprint density at radius 1 is 0.284 bits per heavy atom. The lowest BCUT2D eigenvalue weighted by atomic mass is 9.90. The van der Waals surface area contributed by atoms with Gasteiger partial charge in [-0.2, -0.15) is 0 Å². The second-order valence-corrected chi connectivity index (χ2v) is 35.4. The number of hydrogen-bond acceptors (Lipinski definition) is 10. The van der Waals surface area contributed by atoms with E-state index in [1.54, 1.807) is 14.1 Å². The minimum absolute atomic E-state index is 0.0226. The highest BCUT2D eigenvalue weighted by atomic mass is 19.3. The van der Waals surface area contributed by atoms with Gasteiger partial charge in [0.1, 0.15) is 0 Å². The number of nitrogens with zero attached hydrogens (tertiary/aromatic N) is 10. The average Bonchev–Trinajstić information content (AvgIpc) is 1.33. The highest BCUT2D eigenvalue weighted by molar-refractivity contribution is 4.80. The number of unbranched alkanes of at least 4 members (excludes halogenated alkanes) is 6. The van der Waals surface area contributed by atoms with Gasteiger partial charge >= 0.3 is 0 Å². The van der Waals surface area contributed by atoms with Gasteiger partial charge in [0.25, 0.3) is 5.92 Å². The highest BCUT2D eigenvalue weighted by Gasteiger charge is 2.30. The maximum atomic E-state index is 12.9. The fourth-order valence-corrected chi connectivity index (χ4v) is 8.86. The quantitative estimate of drug-likeness (QED) is 0.0555. The van der Waals surface area contributed by atoms with E-state index in [-0.39, 0.29) is 18.9 Å². The third-order valence-electron chi connectivity index (χ3n) is 16.2. The summed E-state index contributed by atoms with van der Waals surface area (Å²) in [6.07, 6.45) is 22.0. The minimum atomic E-state index is -2.53. The normalized spacial score (nSPS) is 12.4. The van der Waals surface area contributed by atoms with Crippen molar-refractivity contribution >= 4 is 0 Å². The molecule has 95 heavy (non-hydrogen) atoms. The summed E-state index contributed by atoms with van der Waals surface area (Å²) in [5.74, 6) is 5.86. The Balaban J connectivity index is -0.000000106. The molecule has 0 amide bonds. The van der Waals surface area contributed by atoms with Crippen LogP contribution in [0.4, 0.5) is 8.78 Å². The number of halogens is 2. The van der Waals surface area contributed by atoms with E-state index >= 15 is 0 Å². The van der Waals surface area contributed by atoms with Gasteiger partial charge in [-0.15, -0.1) is 0 Å². The van der Waals surface area contributed by atoms with Crippen LogP contribution < -0.4 is 0 Å². The van der Waals surface area contributed by atoms with Gasteiger partial charge in [-0.1, -0.05) is 203 Å². The molecule has 0 radical (unpaired) electrons. The van der Waals surface area contributed by atoms with Crippen LogP contribution in [0.3, 0.4) is 0 Å². The number of alkyl halides is 2. The molecular weight excluding hydrogens is 1170 g/mol. The summed E-state index contributed by atoms with van der Waals surface area (Å²) in [5, 5.41) is 0. The zero-order valence-electron chi connectivity index (χ0n) is 74.8. The summed E-state index contributed by atoms with van der Waals surface area (Å²) < 4.78 is 25.8. The predicted molar refractivity (Wildman–Crippen MR) is 440 cm³/mol. The summed E-state index contributed by atoms with van der Waals surface area (Å²) in [4.78, 5) is 21.7. The molecule has 0 bridgehead atoms. The zero-order valence-corrected chi connectivity index (χ0v) is 74.8. The minimum Gasteiger partial charge on any atom is -0.309 e. The smallest absolute Gasteiger partial charge is 0.260 e. The fourth-order valence-electron chi connectivity index (χ4n) is 8.86. The highest BCUT2D eigenvalue weighted by Crippen LogP contribution is 2.24. The second-order valence-electron chi connectivity index (χ2n) is 35.4. The maximum Gasteiger partial charge on any atom is 0.260 e. The number of hydrogen-bond donors (Lipinski definition) is 0. The standard InChI is InChI=1S/C11H25N.C10H23N.C9H21N.C8H17F2N.4C8H19N.C7H17N.C6H15N/c1-11(2)9-7-5-6-8-10-12(3)4;1-10(2)8-6-5-7-9-11(3)4;1-9(2)7-5-6-8-10(3)4;1-7(2)5-8(9,10)6-11(3)4;1-7(2)8(3)6-9(4)5;1-7(2)8(3,4)9(5)6;1-7(2)6-8(3)9(4)5;1-8(2)6-5-7-9(3)4;1-7(2)5-6-8(3)4;1-6(2)5-7(3)4/h11H,5-10H2,1-4H3;10H,5-9H2,1-4H3;9H,5-8H2,1-4H3;7H,5-6H2,1-4H3;7-8H,6H2,1-5H3;7H,1-6H3;7-8H,6H2,1-5H3;8H,5-7H2,1-4H3;7H,5-6H2,1-4H3;6H,5H2,1-4H3. The zero-order chi connectivity index (χ0) is 77.4. The monoisotopic (exact) mass is 1370 g/mol. The summed E-state index contributed by atoms with van der Waals surface area (Å²) in [7, 11) is 41.6. The van der Waals surface area contributed by atoms with Gasteiger partial charge in [0.05, 0.1) is 6.54 Å². The van der Waals surface area contributed by atoms with Crippen LogP contribution in [0.1, 0.15) is 275 Å². The molecule has 2 unspecified atom stereocenters. The first-order valence-corrected chi connectivity index (χ1v) is 38.9. The first-order valence-electron chi connectivity index (χ1n) is 38.9. The fraction of sp³-hybridized carbons (Fsp3) is 1.00. The van der Waals surface area contributed by atoms with E-state index in [0.29, 0.717) is 11.5 Å². The lowest BCUT2D eigenvalue weighted by Gasteiger charge is -2.36. The van der Waals surface area contributed by atoms with Crippen LogP contribution in [-0.4, -0.2) is 260 Å². The predicted octanol–water partition coefficient (Wildman–Crippen LogP) is 21.1. The lowest BCUT2D eigenvalue weighted by molar-refractivity contribution is -0.0387. The molecule has 0 aromatic carbocycles. The molecular formula is C83H194F2N10. The van der Waals surface area contributed by atoms with Gasteiger partial charge in [-0.05, 0) is 311 Å². The molecule has 0 aliphatic heterocycles. The molecule has 0 saturated heterocycles. The maximum absolute atomic E-state index is 12.9. The lowest BCUT2D eigenvalue weighted by Crippen LogP contribution is -2.42. The SMILES string of the molecule is CC(C)C(C)(C)N(C)C.CC(C)C(C)CN(C)C.CC(C)CC(C)N(C)C.CC(C)CC(F)(F)CN(C)C.CC(C)CCCCCCN(C)C.CC(C)CCCCCN(C)C.CC(C)CCCCN(C)C.CC(C)CCCN(C)C.CC(C)CCN(C)C.CC(C)CN(C)C. The first kappa shape index (κ1) is 116. The van der Waals surface area contributed by atoms with Gasteiger partial charge < -0.3 is 49.0 Å². The van der Waals surface area contributed by atoms with Gasteiger partial charge in [0.2, 0.25) is 0 Å². The van der Waals surface area contributed by atoms with Crippen molar-refractivity contribution in [3.63, 3.8) is 0 Å². The first-order chi connectivity index (χ1) is 43.0. The Labute approximate surface area is 606 Å². The van der Waals surface area contributed by atoms with Gasteiger partial charge in [0.15, 0.2) is 0 Å². The molecule has 0 aliphatic rings. The Kier molecular flexibility index (Phi) is 92.7. The van der Waals surface area contributed by atoms with Crippen molar-refractivity contribution in [2.45, 2.75) is 293 Å². The van der Waals surface area contributed by atoms with Crippen LogP contribution in [0, 0.1) is 65.1 Å². The van der Waals surface area contributed by atoms with Crippen LogP contribution in [0.25, 0.3) is 0 Å².